The smallest absolute Gasteiger partial charge is 0.342 e. The fourth-order valence-electron chi connectivity index (χ4n) is 1.19. The molecule has 17 heavy (non-hydrogen) atoms. The standard InChI is InChI=1S/C8H6N2O7/c1-17-7-2-4(8(11)12)5(9(13)14)3-6(7)10(15)16/h2-3H,1H3,(H,11,12). The summed E-state index contributed by atoms with van der Waals surface area (Å²) >= 11 is 0. The van der Waals surface area contributed by atoms with E-state index in [0.717, 1.165) is 13.2 Å². The van der Waals surface area contributed by atoms with Crippen molar-refractivity contribution >= 4 is 17.3 Å². The highest BCUT2D eigenvalue weighted by Gasteiger charge is 2.28. The summed E-state index contributed by atoms with van der Waals surface area (Å²) in [6, 6.07) is 1.31. The largest absolute Gasteiger partial charge is 0.490 e. The van der Waals surface area contributed by atoms with E-state index in [1.807, 2.05) is 0 Å². The van der Waals surface area contributed by atoms with Gasteiger partial charge in [0.15, 0.2) is 5.75 Å². The predicted molar refractivity (Wildman–Crippen MR) is 53.3 cm³/mol. The molecule has 1 rings (SSSR count). The number of rotatable bonds is 4. The topological polar surface area (TPSA) is 133 Å². The third-order valence-corrected chi connectivity index (χ3v) is 1.92. The number of hydrogen-bond donors (Lipinski definition) is 1. The van der Waals surface area contributed by atoms with Gasteiger partial charge in [0.25, 0.3) is 5.69 Å². The monoisotopic (exact) mass is 242 g/mol. The molecule has 9 nitrogen and oxygen atoms in total. The molecule has 0 radical (unpaired) electrons. The second-order valence-electron chi connectivity index (χ2n) is 2.86. The van der Waals surface area contributed by atoms with E-state index in [9.17, 15) is 25.0 Å². The minimum absolute atomic E-state index is 0.349. The lowest BCUT2D eigenvalue weighted by Gasteiger charge is -2.03. The molecular formula is C8H6N2O7. The minimum Gasteiger partial charge on any atom is -0.490 e. The Bertz CT molecular complexity index is 511. The Morgan fingerprint density at radius 1 is 1.24 bits per heavy atom. The summed E-state index contributed by atoms with van der Waals surface area (Å²) in [6.07, 6.45) is 0. The molecule has 0 bridgehead atoms. The average molecular weight is 242 g/mol. The van der Waals surface area contributed by atoms with Gasteiger partial charge in [0.05, 0.1) is 23.0 Å². The number of nitrogens with zero attached hydrogens (tertiary/aromatic N) is 2. The summed E-state index contributed by atoms with van der Waals surface area (Å²) in [5, 5.41) is 29.9. The number of carboxylic acids is 1. The fourth-order valence-corrected chi connectivity index (χ4v) is 1.19. The molecule has 0 spiro atoms. The van der Waals surface area contributed by atoms with Gasteiger partial charge in [-0.25, -0.2) is 4.79 Å². The number of carbonyl (C=O) groups is 1. The Labute approximate surface area is 93.5 Å². The van der Waals surface area contributed by atoms with Crippen LogP contribution in [-0.4, -0.2) is 28.0 Å². The van der Waals surface area contributed by atoms with Crippen LogP contribution in [0.5, 0.6) is 5.75 Å². The molecule has 9 heteroatoms. The first-order chi connectivity index (χ1) is 7.88. The highest BCUT2D eigenvalue weighted by atomic mass is 16.6. The number of aromatic carboxylic acids is 1. The van der Waals surface area contributed by atoms with E-state index in [1.54, 1.807) is 0 Å². The molecule has 90 valence electrons. The van der Waals surface area contributed by atoms with Crippen LogP contribution in [-0.2, 0) is 0 Å². The molecule has 1 aromatic carbocycles. The van der Waals surface area contributed by atoms with Gasteiger partial charge in [-0.05, 0) is 0 Å². The first-order valence-electron chi connectivity index (χ1n) is 4.12. The Hall–Kier alpha value is -2.71. The van der Waals surface area contributed by atoms with Crippen molar-refractivity contribution in [3.63, 3.8) is 0 Å². The van der Waals surface area contributed by atoms with Crippen LogP contribution in [0.3, 0.4) is 0 Å². The van der Waals surface area contributed by atoms with Crippen LogP contribution in [0.25, 0.3) is 0 Å². The summed E-state index contributed by atoms with van der Waals surface area (Å²) < 4.78 is 4.60. The van der Waals surface area contributed by atoms with Gasteiger partial charge in [-0.1, -0.05) is 0 Å². The van der Waals surface area contributed by atoms with E-state index in [4.69, 9.17) is 5.11 Å². The molecule has 0 atom stereocenters. The van der Waals surface area contributed by atoms with Crippen molar-refractivity contribution in [3.05, 3.63) is 37.9 Å². The minimum atomic E-state index is -1.56. The van der Waals surface area contributed by atoms with E-state index < -0.39 is 32.8 Å². The van der Waals surface area contributed by atoms with Crippen molar-refractivity contribution in [2.24, 2.45) is 0 Å². The van der Waals surface area contributed by atoms with Crippen LogP contribution in [0.15, 0.2) is 12.1 Å². The van der Waals surface area contributed by atoms with Crippen LogP contribution in [0.2, 0.25) is 0 Å². The number of benzene rings is 1. The van der Waals surface area contributed by atoms with Crippen molar-refractivity contribution in [1.82, 2.24) is 0 Å². The van der Waals surface area contributed by atoms with Gasteiger partial charge in [-0.3, -0.25) is 20.2 Å². The maximum Gasteiger partial charge on any atom is 0.342 e. The van der Waals surface area contributed by atoms with Crippen LogP contribution in [0, 0.1) is 20.2 Å². The third-order valence-electron chi connectivity index (χ3n) is 1.92. The van der Waals surface area contributed by atoms with Gasteiger partial charge in [0, 0.05) is 6.07 Å². The summed E-state index contributed by atoms with van der Waals surface area (Å²) in [7, 11) is 1.10. The molecule has 1 N–H and O–H groups in total. The maximum atomic E-state index is 10.7. The number of nitro benzene ring substituents is 2. The van der Waals surface area contributed by atoms with Crippen LogP contribution >= 0.6 is 0 Å². The molecule has 0 amide bonds. The normalized spacial score (nSPS) is 9.71. The first-order valence-corrected chi connectivity index (χ1v) is 4.12. The Kier molecular flexibility index (Phi) is 3.22. The lowest BCUT2D eigenvalue weighted by Crippen LogP contribution is -2.05. The second-order valence-corrected chi connectivity index (χ2v) is 2.86. The Morgan fingerprint density at radius 2 is 1.76 bits per heavy atom. The van der Waals surface area contributed by atoms with Crippen LogP contribution in [0.4, 0.5) is 11.4 Å². The van der Waals surface area contributed by atoms with Crippen molar-refractivity contribution in [2.75, 3.05) is 7.11 Å². The molecule has 0 aromatic heterocycles. The van der Waals surface area contributed by atoms with Gasteiger partial charge in [0.1, 0.15) is 5.56 Å². The molecule has 0 unspecified atom stereocenters. The second kappa shape index (κ2) is 4.43. The van der Waals surface area contributed by atoms with Crippen molar-refractivity contribution in [3.8, 4) is 5.75 Å². The Morgan fingerprint density at radius 3 is 2.12 bits per heavy atom. The van der Waals surface area contributed by atoms with Crippen molar-refractivity contribution < 1.29 is 24.5 Å². The zero-order valence-corrected chi connectivity index (χ0v) is 8.45. The highest BCUT2D eigenvalue weighted by molar-refractivity contribution is 5.93. The number of nitro groups is 2. The predicted octanol–water partition coefficient (Wildman–Crippen LogP) is 1.21. The molecule has 1 aromatic rings. The fraction of sp³-hybridized carbons (Fsp3) is 0.125. The zero-order chi connectivity index (χ0) is 13.2. The van der Waals surface area contributed by atoms with Crippen LogP contribution in [0.1, 0.15) is 10.4 Å². The van der Waals surface area contributed by atoms with Gasteiger partial charge in [-0.15, -0.1) is 0 Å². The lowest BCUT2D eigenvalue weighted by atomic mass is 10.1. The molecular weight excluding hydrogens is 236 g/mol. The van der Waals surface area contributed by atoms with E-state index in [2.05, 4.69) is 4.74 Å². The van der Waals surface area contributed by atoms with E-state index in [0.29, 0.717) is 6.07 Å². The highest BCUT2D eigenvalue weighted by Crippen LogP contribution is 2.34. The average Bonchev–Trinajstić information content (AvgIpc) is 2.26. The van der Waals surface area contributed by atoms with Crippen molar-refractivity contribution in [1.29, 1.82) is 0 Å². The number of ether oxygens (including phenoxy) is 1. The molecule has 0 aliphatic carbocycles. The molecule has 0 heterocycles. The molecule has 0 saturated heterocycles. The summed E-state index contributed by atoms with van der Waals surface area (Å²) in [5.74, 6) is -1.91. The van der Waals surface area contributed by atoms with E-state index >= 15 is 0 Å². The quantitative estimate of drug-likeness (QED) is 0.619. The Balaban J connectivity index is 3.59. The van der Waals surface area contributed by atoms with Gasteiger partial charge < -0.3 is 9.84 Å². The van der Waals surface area contributed by atoms with Gasteiger partial charge in [-0.2, -0.15) is 0 Å². The number of methoxy groups -OCH3 is 1. The lowest BCUT2D eigenvalue weighted by molar-refractivity contribution is -0.394. The molecule has 0 aliphatic rings. The van der Waals surface area contributed by atoms with E-state index in [-0.39, 0.29) is 5.75 Å². The zero-order valence-electron chi connectivity index (χ0n) is 8.45. The SMILES string of the molecule is COc1cc(C(=O)O)c([N+](=O)[O-])cc1[N+](=O)[O-]. The van der Waals surface area contributed by atoms with Crippen LogP contribution < -0.4 is 4.74 Å². The third kappa shape index (κ3) is 2.27. The van der Waals surface area contributed by atoms with Gasteiger partial charge >= 0.3 is 11.7 Å². The van der Waals surface area contributed by atoms with Gasteiger partial charge in [0.2, 0.25) is 0 Å². The summed E-state index contributed by atoms with van der Waals surface area (Å²) in [5.41, 5.74) is -2.19. The van der Waals surface area contributed by atoms with Crippen molar-refractivity contribution in [2.45, 2.75) is 0 Å². The molecule has 0 saturated carbocycles. The van der Waals surface area contributed by atoms with E-state index in [1.165, 1.54) is 0 Å². The molecule has 0 fully saturated rings. The molecule has 0 aliphatic heterocycles. The number of hydrogen-bond acceptors (Lipinski definition) is 6. The maximum absolute atomic E-state index is 10.7. The first kappa shape index (κ1) is 12.4. The summed E-state index contributed by atoms with van der Waals surface area (Å²) in [4.78, 5) is 30.0. The summed E-state index contributed by atoms with van der Waals surface area (Å²) in [6.45, 7) is 0. The number of carboxylic acid groups (broad SMARTS) is 1.